The largest absolute Gasteiger partial charge is 1.00 e. The first kappa shape index (κ1) is 41.7. The third-order valence-electron chi connectivity index (χ3n) is 8.74. The fourth-order valence-corrected chi connectivity index (χ4v) is 6.87. The quantitative estimate of drug-likeness (QED) is 0.197. The molecule has 0 saturated heterocycles. The minimum Gasteiger partial charge on any atom is -1.00 e. The number of fused-ring (bicyclic) bond motifs is 3. The minimum absolute atomic E-state index is 0. The van der Waals surface area contributed by atoms with E-state index < -0.39 is 0 Å². The smallest absolute Gasteiger partial charge is 0.0253 e. The monoisotopic (exact) mass is 752 g/mol. The van der Waals surface area contributed by atoms with Crippen LogP contribution in [0.15, 0.2) is 103 Å². The molecule has 0 spiro atoms. The molecule has 48 heavy (non-hydrogen) atoms. The summed E-state index contributed by atoms with van der Waals surface area (Å²) in [6.07, 6.45) is 1.05. The molecule has 0 bridgehead atoms. The summed E-state index contributed by atoms with van der Waals surface area (Å²) in [5.74, 6) is 0. The normalized spacial score (nSPS) is 11.8. The van der Waals surface area contributed by atoms with E-state index in [9.17, 15) is 0 Å². The molecule has 0 unspecified atom stereocenters. The summed E-state index contributed by atoms with van der Waals surface area (Å²) in [6.45, 7) is 24.7. The van der Waals surface area contributed by atoms with Crippen LogP contribution in [-0.4, -0.2) is 3.21 Å². The molecular weight excluding hydrogens is 703 g/mol. The van der Waals surface area contributed by atoms with Crippen molar-refractivity contribution in [3.05, 3.63) is 159 Å². The maximum Gasteiger partial charge on any atom is -0.0253 e. The van der Waals surface area contributed by atoms with Gasteiger partial charge in [-0.1, -0.05) is 75.4 Å². The van der Waals surface area contributed by atoms with Crippen molar-refractivity contribution in [2.24, 2.45) is 0 Å². The average Bonchev–Trinajstić information content (AvgIpc) is 3.55. The van der Waals surface area contributed by atoms with E-state index in [0.29, 0.717) is 5.41 Å². The Balaban J connectivity index is 0.000000263. The van der Waals surface area contributed by atoms with Gasteiger partial charge in [-0.2, -0.15) is 52.6 Å². The van der Waals surface area contributed by atoms with Gasteiger partial charge in [-0.25, -0.2) is 6.07 Å². The molecule has 3 heteroatoms. The number of rotatable bonds is 2. The maximum absolute atomic E-state index is 3.30. The van der Waals surface area contributed by atoms with E-state index in [1.165, 1.54) is 88.6 Å². The van der Waals surface area contributed by atoms with Crippen molar-refractivity contribution < 1.29 is 49.0 Å². The van der Waals surface area contributed by atoms with Gasteiger partial charge in [0.2, 0.25) is 0 Å². The van der Waals surface area contributed by atoms with Crippen LogP contribution in [0.4, 0.5) is 0 Å². The number of benzene rings is 4. The van der Waals surface area contributed by atoms with Crippen LogP contribution in [0, 0.1) is 19.9 Å². The number of halogens is 2. The van der Waals surface area contributed by atoms with Crippen molar-refractivity contribution in [2.45, 2.75) is 98.8 Å². The molecule has 1 aliphatic carbocycles. The molecule has 0 N–H and O–H groups in total. The Bertz CT molecular complexity index is 1660. The van der Waals surface area contributed by atoms with Crippen LogP contribution in [0.1, 0.15) is 112 Å². The second kappa shape index (κ2) is 17.0. The third kappa shape index (κ3) is 10.8. The first-order chi connectivity index (χ1) is 21.4. The Labute approximate surface area is 319 Å². The Morgan fingerprint density at radius 2 is 1.10 bits per heavy atom. The van der Waals surface area contributed by atoms with Gasteiger partial charge in [0.1, 0.15) is 0 Å². The molecule has 6 rings (SSSR count). The second-order valence-electron chi connectivity index (χ2n) is 15.8. The van der Waals surface area contributed by atoms with Crippen molar-refractivity contribution in [3.63, 3.8) is 0 Å². The number of aryl methyl sites for hydroxylation is 2. The summed E-state index contributed by atoms with van der Waals surface area (Å²) >= 11 is 1.46. The summed E-state index contributed by atoms with van der Waals surface area (Å²) in [7, 11) is 0. The molecule has 252 valence electrons. The van der Waals surface area contributed by atoms with Crippen molar-refractivity contribution >= 4 is 3.21 Å². The fraction of sp³-hybridized carbons (Fsp3) is 0.333. The summed E-state index contributed by atoms with van der Waals surface area (Å²) in [5.41, 5.74) is 16.0. The first-order valence-corrected chi connectivity index (χ1v) is 17.8. The van der Waals surface area contributed by atoms with Crippen molar-refractivity contribution in [1.29, 1.82) is 0 Å². The molecule has 0 nitrogen and oxygen atoms in total. The zero-order chi connectivity index (χ0) is 33.9. The molecule has 0 amide bonds. The van der Waals surface area contributed by atoms with Gasteiger partial charge in [-0.3, -0.25) is 0 Å². The van der Waals surface area contributed by atoms with Gasteiger partial charge in [0.25, 0.3) is 0 Å². The third-order valence-corrected chi connectivity index (χ3v) is 10.2. The molecule has 0 saturated carbocycles. The zero-order valence-corrected chi connectivity index (χ0v) is 34.7. The van der Waals surface area contributed by atoms with E-state index in [2.05, 4.69) is 179 Å². The van der Waals surface area contributed by atoms with Crippen molar-refractivity contribution in [3.8, 4) is 11.1 Å². The molecule has 5 aromatic rings. The Morgan fingerprint density at radius 3 is 1.52 bits per heavy atom. The Morgan fingerprint density at radius 1 is 0.625 bits per heavy atom. The molecule has 0 aliphatic heterocycles. The molecule has 0 radical (unpaired) electrons. The standard InChI is InChI=1S/C21H26.C13H9.C11H17.2ClH.Zr/c1-20(2,3)18-11-7-16(8-12-18)15-17-9-13-19(14-10-17)21(4,5)6;1-3-7-12-10(5-1)9-11-6-2-4-8-13(11)12;1-8-6-9(2)10(7-8)11(3,4)5;;;/h7-14H,1-6H3;1-5,7-8H,9H2;6-7H,1-5H3;2*1H;/q;2*-1;;;+2/p-2. The molecule has 0 aromatic heterocycles. The van der Waals surface area contributed by atoms with E-state index in [1.807, 2.05) is 6.07 Å². The van der Waals surface area contributed by atoms with Crippen LogP contribution >= 0.6 is 0 Å². The van der Waals surface area contributed by atoms with Crippen LogP contribution in [0.25, 0.3) is 11.1 Å². The number of hydrogen-bond acceptors (Lipinski definition) is 0. The van der Waals surface area contributed by atoms with E-state index in [1.54, 1.807) is 0 Å². The second-order valence-corrected chi connectivity index (χ2v) is 17.0. The maximum atomic E-state index is 3.30. The topological polar surface area (TPSA) is 0 Å². The summed E-state index contributed by atoms with van der Waals surface area (Å²) in [4.78, 5) is 0. The minimum atomic E-state index is 0. The van der Waals surface area contributed by atoms with E-state index in [4.69, 9.17) is 0 Å². The van der Waals surface area contributed by atoms with Gasteiger partial charge in [0.05, 0.1) is 0 Å². The predicted octanol–water partition coefficient (Wildman–Crippen LogP) is 5.78. The SMILES string of the molecule is CC(C)(C)c1ccc([C](=[Zr+2])c2ccc(C(C)(C)C)cc2)cc1.Cc1cc(C(C)(C)C)c(C)[cH-]1.[Cl-].[Cl-].[c-]1cccc2c1Cc1ccccc1-2. The van der Waals surface area contributed by atoms with Crippen LogP contribution in [0.2, 0.25) is 0 Å². The predicted molar refractivity (Wildman–Crippen MR) is 197 cm³/mol. The average molecular weight is 755 g/mol. The van der Waals surface area contributed by atoms with Crippen LogP contribution in [0.3, 0.4) is 0 Å². The van der Waals surface area contributed by atoms with Gasteiger partial charge in [0, 0.05) is 0 Å². The zero-order valence-electron chi connectivity index (χ0n) is 30.8. The van der Waals surface area contributed by atoms with Gasteiger partial charge in [-0.05, 0) is 6.42 Å². The van der Waals surface area contributed by atoms with E-state index in [0.717, 1.165) is 6.42 Å². The van der Waals surface area contributed by atoms with Crippen LogP contribution in [0.5, 0.6) is 0 Å². The van der Waals surface area contributed by atoms with Gasteiger partial charge < -0.3 is 24.8 Å². The Hall–Kier alpha value is -2.44. The molecule has 0 heterocycles. The summed E-state index contributed by atoms with van der Waals surface area (Å²) in [5, 5.41) is 0. The van der Waals surface area contributed by atoms with Gasteiger partial charge in [0.15, 0.2) is 0 Å². The first-order valence-electron chi connectivity index (χ1n) is 16.6. The Kier molecular flexibility index (Phi) is 14.8. The summed E-state index contributed by atoms with van der Waals surface area (Å²) < 4.78 is 1.42. The van der Waals surface area contributed by atoms with Gasteiger partial charge in [-0.15, -0.1) is 5.56 Å². The molecule has 0 fully saturated rings. The molecular formula is C45H52Cl2Zr-2. The van der Waals surface area contributed by atoms with E-state index in [-0.39, 0.29) is 35.6 Å². The summed E-state index contributed by atoms with van der Waals surface area (Å²) in [6, 6.07) is 40.8. The van der Waals surface area contributed by atoms with Crippen LogP contribution < -0.4 is 24.8 Å². The molecule has 1 aliphatic rings. The van der Waals surface area contributed by atoms with Gasteiger partial charge >= 0.3 is 151 Å². The molecule has 0 atom stereocenters. The van der Waals surface area contributed by atoms with E-state index >= 15 is 0 Å². The van der Waals surface area contributed by atoms with Crippen molar-refractivity contribution in [1.82, 2.24) is 0 Å². The van der Waals surface area contributed by atoms with Crippen LogP contribution in [-0.2, 0) is 46.9 Å². The van der Waals surface area contributed by atoms with Crippen molar-refractivity contribution in [2.75, 3.05) is 0 Å². The fourth-order valence-electron chi connectivity index (χ4n) is 6.05. The number of hydrogen-bond donors (Lipinski definition) is 0. The molecule has 5 aromatic carbocycles.